The lowest BCUT2D eigenvalue weighted by molar-refractivity contribution is -0.144. The number of carbonyl (C=O) groups excluding carboxylic acids is 1. The van der Waals surface area contributed by atoms with E-state index in [2.05, 4.69) is 31.2 Å². The minimum atomic E-state index is -0.247. The number of ether oxygens (including phenoxy) is 3. The average molecular weight is 328 g/mol. The van der Waals surface area contributed by atoms with Crippen molar-refractivity contribution in [2.75, 3.05) is 6.61 Å². The van der Waals surface area contributed by atoms with Crippen LogP contribution in [0, 0.1) is 6.92 Å². The molecule has 0 aliphatic rings. The first-order valence-corrected chi connectivity index (χ1v) is 8.17. The van der Waals surface area contributed by atoms with Gasteiger partial charge in [0.2, 0.25) is 0 Å². The van der Waals surface area contributed by atoms with Crippen molar-refractivity contribution in [1.82, 2.24) is 0 Å². The van der Waals surface area contributed by atoms with Crippen LogP contribution >= 0.6 is 0 Å². The number of carbonyl (C=O) groups is 1. The van der Waals surface area contributed by atoms with Crippen molar-refractivity contribution in [3.05, 3.63) is 59.7 Å². The van der Waals surface area contributed by atoms with Crippen LogP contribution in [0.5, 0.6) is 11.5 Å². The summed E-state index contributed by atoms with van der Waals surface area (Å²) < 4.78 is 16.4. The fraction of sp³-hybridized carbons (Fsp3) is 0.350. The van der Waals surface area contributed by atoms with Crippen molar-refractivity contribution in [1.29, 1.82) is 0 Å². The van der Waals surface area contributed by atoms with Crippen LogP contribution in [0.4, 0.5) is 0 Å². The van der Waals surface area contributed by atoms with Gasteiger partial charge in [-0.1, -0.05) is 29.8 Å². The molecule has 2 rings (SSSR count). The van der Waals surface area contributed by atoms with E-state index in [4.69, 9.17) is 14.2 Å². The predicted octanol–water partition coefficient (Wildman–Crippen LogP) is 4.29. The Morgan fingerprint density at radius 1 is 1.00 bits per heavy atom. The van der Waals surface area contributed by atoms with E-state index in [1.807, 2.05) is 31.2 Å². The molecule has 0 saturated heterocycles. The van der Waals surface area contributed by atoms with Gasteiger partial charge < -0.3 is 14.2 Å². The van der Waals surface area contributed by atoms with Gasteiger partial charge in [0, 0.05) is 0 Å². The Balaban J connectivity index is 1.81. The number of benzene rings is 2. The van der Waals surface area contributed by atoms with Gasteiger partial charge in [0.1, 0.15) is 24.2 Å². The average Bonchev–Trinajstić information content (AvgIpc) is 2.55. The molecular formula is C20H24O4. The molecular weight excluding hydrogens is 304 g/mol. The van der Waals surface area contributed by atoms with Gasteiger partial charge in [-0.05, 0) is 50.6 Å². The first kappa shape index (κ1) is 17.9. The molecule has 0 spiro atoms. The van der Waals surface area contributed by atoms with Crippen LogP contribution in [0.1, 0.15) is 31.4 Å². The van der Waals surface area contributed by atoms with Gasteiger partial charge in [0.15, 0.2) is 0 Å². The van der Waals surface area contributed by atoms with Crippen LogP contribution in [0.3, 0.4) is 0 Å². The van der Waals surface area contributed by atoms with Crippen LogP contribution in [-0.4, -0.2) is 18.7 Å². The molecule has 2 aromatic carbocycles. The first-order chi connectivity index (χ1) is 11.6. The topological polar surface area (TPSA) is 44.8 Å². The van der Waals surface area contributed by atoms with Gasteiger partial charge in [-0.3, -0.25) is 4.79 Å². The second kappa shape index (κ2) is 8.96. The third-order valence-corrected chi connectivity index (χ3v) is 3.45. The highest BCUT2D eigenvalue weighted by Gasteiger charge is 2.11. The quantitative estimate of drug-likeness (QED) is 0.678. The SMILES string of the molecule is CCOC(=O)C[C@@H](C)Oc1ccc(OCc2ccc(C)cc2)cc1. The maximum atomic E-state index is 11.4. The van der Waals surface area contributed by atoms with E-state index in [0.29, 0.717) is 19.0 Å². The highest BCUT2D eigenvalue weighted by molar-refractivity contribution is 5.69. The minimum absolute atomic E-state index is 0.233. The van der Waals surface area contributed by atoms with E-state index in [1.165, 1.54) is 5.56 Å². The maximum Gasteiger partial charge on any atom is 0.309 e. The zero-order valence-corrected chi connectivity index (χ0v) is 14.5. The lowest BCUT2D eigenvalue weighted by atomic mass is 10.2. The van der Waals surface area contributed by atoms with Crippen LogP contribution in [0.2, 0.25) is 0 Å². The van der Waals surface area contributed by atoms with Gasteiger partial charge in [0.05, 0.1) is 13.0 Å². The standard InChI is InChI=1S/C20H24O4/c1-4-22-20(21)13-16(3)24-19-11-9-18(10-12-19)23-14-17-7-5-15(2)6-8-17/h5-12,16H,4,13-14H2,1-3H3/t16-/m1/s1. The summed E-state index contributed by atoms with van der Waals surface area (Å²) in [5.74, 6) is 1.23. The molecule has 24 heavy (non-hydrogen) atoms. The van der Waals surface area contributed by atoms with Crippen LogP contribution < -0.4 is 9.47 Å². The van der Waals surface area contributed by atoms with E-state index in [1.54, 1.807) is 6.92 Å². The van der Waals surface area contributed by atoms with Crippen molar-refractivity contribution in [2.24, 2.45) is 0 Å². The van der Waals surface area contributed by atoms with Crippen molar-refractivity contribution < 1.29 is 19.0 Å². The highest BCUT2D eigenvalue weighted by atomic mass is 16.5. The van der Waals surface area contributed by atoms with Gasteiger partial charge >= 0.3 is 5.97 Å². The number of esters is 1. The maximum absolute atomic E-state index is 11.4. The van der Waals surface area contributed by atoms with Crippen molar-refractivity contribution >= 4 is 5.97 Å². The van der Waals surface area contributed by atoms with Gasteiger partial charge in [-0.15, -0.1) is 0 Å². The molecule has 0 heterocycles. The Morgan fingerprint density at radius 3 is 2.25 bits per heavy atom. The van der Waals surface area contributed by atoms with Gasteiger partial charge in [-0.2, -0.15) is 0 Å². The van der Waals surface area contributed by atoms with Crippen LogP contribution in [0.15, 0.2) is 48.5 Å². The molecule has 1 atom stereocenters. The lowest BCUT2D eigenvalue weighted by Crippen LogP contribution is -2.18. The van der Waals surface area contributed by atoms with Crippen molar-refractivity contribution in [3.63, 3.8) is 0 Å². The molecule has 0 aliphatic carbocycles. The molecule has 0 radical (unpaired) electrons. The molecule has 0 bridgehead atoms. The van der Waals surface area contributed by atoms with Crippen molar-refractivity contribution in [3.8, 4) is 11.5 Å². The Labute approximate surface area is 143 Å². The third-order valence-electron chi connectivity index (χ3n) is 3.45. The second-order valence-electron chi connectivity index (χ2n) is 5.68. The molecule has 128 valence electrons. The summed E-state index contributed by atoms with van der Waals surface area (Å²) >= 11 is 0. The summed E-state index contributed by atoms with van der Waals surface area (Å²) in [6, 6.07) is 15.7. The summed E-state index contributed by atoms with van der Waals surface area (Å²) in [6.45, 7) is 6.61. The van der Waals surface area contributed by atoms with E-state index in [-0.39, 0.29) is 18.5 Å². The predicted molar refractivity (Wildman–Crippen MR) is 93.3 cm³/mol. The molecule has 0 amide bonds. The number of rotatable bonds is 8. The van der Waals surface area contributed by atoms with E-state index >= 15 is 0 Å². The molecule has 2 aromatic rings. The second-order valence-corrected chi connectivity index (χ2v) is 5.68. The first-order valence-electron chi connectivity index (χ1n) is 8.17. The Bertz CT molecular complexity index is 632. The molecule has 0 N–H and O–H groups in total. The lowest BCUT2D eigenvalue weighted by Gasteiger charge is -2.14. The summed E-state index contributed by atoms with van der Waals surface area (Å²) in [5, 5.41) is 0. The smallest absolute Gasteiger partial charge is 0.309 e. The van der Waals surface area contributed by atoms with Crippen LogP contribution in [-0.2, 0) is 16.1 Å². The summed E-state index contributed by atoms with van der Waals surface area (Å²) in [7, 11) is 0. The molecule has 4 heteroatoms. The minimum Gasteiger partial charge on any atom is -0.490 e. The third kappa shape index (κ3) is 5.95. The largest absolute Gasteiger partial charge is 0.490 e. The molecule has 0 unspecified atom stereocenters. The fourth-order valence-electron chi connectivity index (χ4n) is 2.19. The van der Waals surface area contributed by atoms with E-state index in [0.717, 1.165) is 11.3 Å². The molecule has 0 saturated carbocycles. The summed E-state index contributed by atoms with van der Waals surface area (Å²) in [6.07, 6.45) is 0.00265. The number of aryl methyl sites for hydroxylation is 1. The number of hydrogen-bond donors (Lipinski definition) is 0. The molecule has 4 nitrogen and oxygen atoms in total. The monoisotopic (exact) mass is 328 g/mol. The van der Waals surface area contributed by atoms with E-state index < -0.39 is 0 Å². The number of hydrogen-bond acceptors (Lipinski definition) is 4. The zero-order valence-electron chi connectivity index (χ0n) is 14.5. The highest BCUT2D eigenvalue weighted by Crippen LogP contribution is 2.20. The van der Waals surface area contributed by atoms with Gasteiger partial charge in [0.25, 0.3) is 0 Å². The Hall–Kier alpha value is -2.49. The van der Waals surface area contributed by atoms with Gasteiger partial charge in [-0.25, -0.2) is 0 Å². The summed E-state index contributed by atoms with van der Waals surface area (Å²) in [5.41, 5.74) is 2.36. The Morgan fingerprint density at radius 2 is 1.62 bits per heavy atom. The van der Waals surface area contributed by atoms with E-state index in [9.17, 15) is 4.79 Å². The normalized spacial score (nSPS) is 11.6. The van der Waals surface area contributed by atoms with Crippen molar-refractivity contribution in [2.45, 2.75) is 39.9 Å². The zero-order chi connectivity index (χ0) is 17.4. The summed E-state index contributed by atoms with van der Waals surface area (Å²) in [4.78, 5) is 11.4. The fourth-order valence-corrected chi connectivity index (χ4v) is 2.19. The molecule has 0 aromatic heterocycles. The Kier molecular flexibility index (Phi) is 6.67. The molecule has 0 aliphatic heterocycles. The van der Waals surface area contributed by atoms with Crippen LogP contribution in [0.25, 0.3) is 0 Å². The molecule has 0 fully saturated rings.